The molecule has 2 heterocycles. The molecule has 0 saturated carbocycles. The van der Waals surface area contributed by atoms with E-state index in [1.165, 1.54) is 17.6 Å². The number of carbonyl (C=O) groups is 2. The molecule has 0 radical (unpaired) electrons. The highest BCUT2D eigenvalue weighted by molar-refractivity contribution is 7.07. The fourth-order valence-electron chi connectivity index (χ4n) is 2.53. The molecule has 2 rings (SSSR count). The highest BCUT2D eigenvalue weighted by Gasteiger charge is 2.40. The molecule has 3 atom stereocenters. The third kappa shape index (κ3) is 3.95. The van der Waals surface area contributed by atoms with Crippen molar-refractivity contribution in [3.8, 4) is 0 Å². The molecule has 1 aromatic heterocycles. The van der Waals surface area contributed by atoms with E-state index in [4.69, 9.17) is 4.74 Å². The number of nitrogens with zero attached hydrogens (tertiary/aromatic N) is 1. The van der Waals surface area contributed by atoms with Gasteiger partial charge >= 0.3 is 12.0 Å². The first-order valence-corrected chi connectivity index (χ1v) is 7.79. The fraction of sp³-hybridized carbons (Fsp3) is 0.571. The summed E-state index contributed by atoms with van der Waals surface area (Å²) in [5.41, 5.74) is 1.17. The van der Waals surface area contributed by atoms with Crippen LogP contribution in [0.4, 0.5) is 4.79 Å². The second-order valence-corrected chi connectivity index (χ2v) is 6.07. The van der Waals surface area contributed by atoms with Gasteiger partial charge in [-0.05, 0) is 35.7 Å². The zero-order chi connectivity index (χ0) is 15.4. The van der Waals surface area contributed by atoms with Crippen LogP contribution in [0.15, 0.2) is 16.8 Å². The lowest BCUT2D eigenvalue weighted by molar-refractivity contribution is -0.141. The standard InChI is InChI=1S/C14H20N2O4S/c1-9(5-10-3-4-21-8-10)15-14(19)16-7-11(20-2)6-12(16)13(17)18/h3-4,8-9,11-12H,5-7H2,1-2H3,(H,15,19)(H,17,18). The van der Waals surface area contributed by atoms with Crippen LogP contribution >= 0.6 is 11.3 Å². The maximum absolute atomic E-state index is 12.3. The largest absolute Gasteiger partial charge is 0.480 e. The van der Waals surface area contributed by atoms with Gasteiger partial charge < -0.3 is 20.1 Å². The first-order chi connectivity index (χ1) is 10.0. The Kier molecular flexibility index (Phi) is 5.19. The van der Waals surface area contributed by atoms with Gasteiger partial charge in [-0.15, -0.1) is 0 Å². The first kappa shape index (κ1) is 15.8. The van der Waals surface area contributed by atoms with Gasteiger partial charge in [-0.25, -0.2) is 9.59 Å². The quantitative estimate of drug-likeness (QED) is 0.865. The predicted octanol–water partition coefficient (Wildman–Crippen LogP) is 1.56. The van der Waals surface area contributed by atoms with Crippen LogP contribution in [0.25, 0.3) is 0 Å². The van der Waals surface area contributed by atoms with Crippen molar-refractivity contribution in [2.75, 3.05) is 13.7 Å². The summed E-state index contributed by atoms with van der Waals surface area (Å²) < 4.78 is 5.18. The third-order valence-electron chi connectivity index (χ3n) is 3.63. The van der Waals surface area contributed by atoms with Crippen molar-refractivity contribution in [3.05, 3.63) is 22.4 Å². The molecule has 0 bridgehead atoms. The molecule has 3 unspecified atom stereocenters. The lowest BCUT2D eigenvalue weighted by Crippen LogP contribution is -2.49. The Balaban J connectivity index is 1.93. The lowest BCUT2D eigenvalue weighted by atomic mass is 10.1. The summed E-state index contributed by atoms with van der Waals surface area (Å²) >= 11 is 1.62. The van der Waals surface area contributed by atoms with Crippen LogP contribution in [-0.4, -0.2) is 53.8 Å². The zero-order valence-electron chi connectivity index (χ0n) is 12.1. The first-order valence-electron chi connectivity index (χ1n) is 6.85. The number of urea groups is 1. The fourth-order valence-corrected chi connectivity index (χ4v) is 3.22. The number of likely N-dealkylation sites (tertiary alicyclic amines) is 1. The second kappa shape index (κ2) is 6.91. The number of carboxylic acids is 1. The number of ether oxygens (including phenoxy) is 1. The molecule has 1 saturated heterocycles. The van der Waals surface area contributed by atoms with Crippen LogP contribution in [-0.2, 0) is 16.0 Å². The number of carbonyl (C=O) groups excluding carboxylic acids is 1. The average molecular weight is 312 g/mol. The molecule has 0 aliphatic carbocycles. The third-order valence-corrected chi connectivity index (χ3v) is 4.37. The van der Waals surface area contributed by atoms with Crippen molar-refractivity contribution in [2.45, 2.75) is 38.0 Å². The summed E-state index contributed by atoms with van der Waals surface area (Å²) in [7, 11) is 1.53. The molecule has 1 aromatic rings. The van der Waals surface area contributed by atoms with E-state index in [1.807, 2.05) is 23.8 Å². The normalized spacial score (nSPS) is 23.0. The van der Waals surface area contributed by atoms with Crippen molar-refractivity contribution >= 4 is 23.3 Å². The SMILES string of the molecule is COC1CC(C(=O)O)N(C(=O)NC(C)Cc2ccsc2)C1. The highest BCUT2D eigenvalue weighted by atomic mass is 32.1. The number of carboxylic acid groups (broad SMARTS) is 1. The maximum atomic E-state index is 12.3. The summed E-state index contributed by atoms with van der Waals surface area (Å²) in [6.07, 6.45) is 0.844. The molecule has 116 valence electrons. The minimum atomic E-state index is -0.991. The van der Waals surface area contributed by atoms with E-state index in [0.717, 1.165) is 6.42 Å². The second-order valence-electron chi connectivity index (χ2n) is 5.29. The Bertz CT molecular complexity index is 491. The van der Waals surface area contributed by atoms with Crippen LogP contribution in [0.3, 0.4) is 0 Å². The molecule has 6 nitrogen and oxygen atoms in total. The summed E-state index contributed by atoms with van der Waals surface area (Å²) in [4.78, 5) is 24.9. The van der Waals surface area contributed by atoms with E-state index >= 15 is 0 Å². The molecule has 1 aliphatic rings. The summed E-state index contributed by atoms with van der Waals surface area (Å²) in [5.74, 6) is -0.991. The number of aliphatic carboxylic acids is 1. The van der Waals surface area contributed by atoms with Gasteiger partial charge in [0.1, 0.15) is 6.04 Å². The van der Waals surface area contributed by atoms with Gasteiger partial charge in [0.2, 0.25) is 0 Å². The van der Waals surface area contributed by atoms with E-state index in [-0.39, 0.29) is 18.2 Å². The molecular weight excluding hydrogens is 292 g/mol. The molecule has 0 aromatic carbocycles. The number of thiophene rings is 1. The van der Waals surface area contributed by atoms with Gasteiger partial charge in [0.05, 0.1) is 6.10 Å². The van der Waals surface area contributed by atoms with Crippen LogP contribution in [0.5, 0.6) is 0 Å². The molecule has 2 N–H and O–H groups in total. The number of rotatable bonds is 5. The van der Waals surface area contributed by atoms with Crippen molar-refractivity contribution in [3.63, 3.8) is 0 Å². The topological polar surface area (TPSA) is 78.9 Å². The predicted molar refractivity (Wildman–Crippen MR) is 79.6 cm³/mol. The highest BCUT2D eigenvalue weighted by Crippen LogP contribution is 2.20. The maximum Gasteiger partial charge on any atom is 0.326 e. The Morgan fingerprint density at radius 1 is 1.62 bits per heavy atom. The van der Waals surface area contributed by atoms with Crippen LogP contribution in [0.2, 0.25) is 0 Å². The molecule has 2 amide bonds. The Hall–Kier alpha value is -1.60. The van der Waals surface area contributed by atoms with E-state index in [9.17, 15) is 14.7 Å². The van der Waals surface area contributed by atoms with Crippen molar-refractivity contribution < 1.29 is 19.4 Å². The van der Waals surface area contributed by atoms with E-state index in [2.05, 4.69) is 5.32 Å². The van der Waals surface area contributed by atoms with Gasteiger partial charge in [-0.1, -0.05) is 0 Å². The number of hydrogen-bond acceptors (Lipinski definition) is 4. The Morgan fingerprint density at radius 3 is 2.95 bits per heavy atom. The number of amides is 2. The lowest BCUT2D eigenvalue weighted by Gasteiger charge is -2.24. The smallest absolute Gasteiger partial charge is 0.326 e. The Morgan fingerprint density at radius 2 is 2.38 bits per heavy atom. The van der Waals surface area contributed by atoms with Crippen molar-refractivity contribution in [1.82, 2.24) is 10.2 Å². The molecule has 1 fully saturated rings. The molecule has 1 aliphatic heterocycles. The number of nitrogens with one attached hydrogen (secondary N) is 1. The van der Waals surface area contributed by atoms with Gasteiger partial charge in [0.25, 0.3) is 0 Å². The zero-order valence-corrected chi connectivity index (χ0v) is 12.9. The van der Waals surface area contributed by atoms with E-state index in [0.29, 0.717) is 13.0 Å². The summed E-state index contributed by atoms with van der Waals surface area (Å²) in [5, 5.41) is 16.1. The van der Waals surface area contributed by atoms with E-state index in [1.54, 1.807) is 11.3 Å². The molecule has 21 heavy (non-hydrogen) atoms. The van der Waals surface area contributed by atoms with Gasteiger partial charge in [-0.3, -0.25) is 0 Å². The van der Waals surface area contributed by atoms with Gasteiger partial charge in [-0.2, -0.15) is 11.3 Å². The van der Waals surface area contributed by atoms with E-state index < -0.39 is 12.0 Å². The number of methoxy groups -OCH3 is 1. The van der Waals surface area contributed by atoms with Crippen LogP contribution < -0.4 is 5.32 Å². The van der Waals surface area contributed by atoms with Gasteiger partial charge in [0, 0.05) is 26.1 Å². The average Bonchev–Trinajstić information content (AvgIpc) is 3.06. The monoisotopic (exact) mass is 312 g/mol. The Labute approximate surface area is 127 Å². The van der Waals surface area contributed by atoms with Crippen molar-refractivity contribution in [2.24, 2.45) is 0 Å². The number of hydrogen-bond donors (Lipinski definition) is 2. The van der Waals surface area contributed by atoms with Crippen LogP contribution in [0, 0.1) is 0 Å². The summed E-state index contributed by atoms with van der Waals surface area (Å²) in [6, 6.07) is 0.806. The minimum Gasteiger partial charge on any atom is -0.480 e. The minimum absolute atomic E-state index is 0.0526. The van der Waals surface area contributed by atoms with Gasteiger partial charge in [0.15, 0.2) is 0 Å². The van der Waals surface area contributed by atoms with Crippen LogP contribution in [0.1, 0.15) is 18.9 Å². The summed E-state index contributed by atoms with van der Waals surface area (Å²) in [6.45, 7) is 2.22. The molecule has 0 spiro atoms. The van der Waals surface area contributed by atoms with Crippen molar-refractivity contribution in [1.29, 1.82) is 0 Å². The molecular formula is C14H20N2O4S. The molecule has 7 heteroatoms.